The Morgan fingerprint density at radius 1 is 1.15 bits per heavy atom. The highest BCUT2D eigenvalue weighted by Crippen LogP contribution is 2.39. The summed E-state index contributed by atoms with van der Waals surface area (Å²) in [6.45, 7) is 5.63. The fraction of sp³-hybridized carbons (Fsp3) is 0.579. The van der Waals surface area contributed by atoms with Crippen LogP contribution in [0.1, 0.15) is 49.1 Å². The zero-order valence-corrected chi connectivity index (χ0v) is 14.9. The van der Waals surface area contributed by atoms with Gasteiger partial charge >= 0.3 is 0 Å². The van der Waals surface area contributed by atoms with Crippen molar-refractivity contribution in [3.63, 3.8) is 0 Å². The third-order valence-electron chi connectivity index (χ3n) is 5.05. The first-order valence-electron chi connectivity index (χ1n) is 9.35. The molecule has 2 fully saturated rings. The van der Waals surface area contributed by atoms with Crippen LogP contribution >= 0.6 is 0 Å². The van der Waals surface area contributed by atoms with E-state index in [2.05, 4.69) is 28.0 Å². The van der Waals surface area contributed by atoms with Gasteiger partial charge in [0.15, 0.2) is 17.3 Å². The lowest BCUT2D eigenvalue weighted by molar-refractivity contribution is -0.0932. The standard InChI is InChI=1S/C19H23N3O4/c1-12-9-22(10-14-3-2-4-15-17(14)24-8-7-23-15)11-16(25-12)19-20-18(21-26-19)13-5-6-13/h2-4,12-13,16H,5-11H2,1H3/t12-,16-/m1/s1. The van der Waals surface area contributed by atoms with Crippen molar-refractivity contribution < 1.29 is 18.7 Å². The molecule has 1 saturated carbocycles. The molecule has 138 valence electrons. The third-order valence-corrected chi connectivity index (χ3v) is 5.05. The summed E-state index contributed by atoms with van der Waals surface area (Å²) in [7, 11) is 0. The van der Waals surface area contributed by atoms with Gasteiger partial charge < -0.3 is 18.7 Å². The molecule has 26 heavy (non-hydrogen) atoms. The van der Waals surface area contributed by atoms with Gasteiger partial charge in [-0.25, -0.2) is 0 Å². The van der Waals surface area contributed by atoms with E-state index in [0.717, 1.165) is 55.4 Å². The van der Waals surface area contributed by atoms with E-state index in [4.69, 9.17) is 18.7 Å². The number of hydrogen-bond acceptors (Lipinski definition) is 7. The van der Waals surface area contributed by atoms with Gasteiger partial charge in [-0.2, -0.15) is 4.98 Å². The van der Waals surface area contributed by atoms with Crippen LogP contribution in [-0.2, 0) is 11.3 Å². The first-order valence-corrected chi connectivity index (χ1v) is 9.35. The number of rotatable bonds is 4. The molecule has 3 heterocycles. The maximum atomic E-state index is 6.07. The van der Waals surface area contributed by atoms with Crippen LogP contribution in [0.3, 0.4) is 0 Å². The molecule has 0 bridgehead atoms. The quantitative estimate of drug-likeness (QED) is 0.833. The Bertz CT molecular complexity index is 789. The summed E-state index contributed by atoms with van der Waals surface area (Å²) in [5.74, 6) is 3.60. The largest absolute Gasteiger partial charge is 0.486 e. The number of nitrogens with zero attached hydrogens (tertiary/aromatic N) is 3. The van der Waals surface area contributed by atoms with Crippen molar-refractivity contribution in [3.8, 4) is 11.5 Å². The molecule has 7 heteroatoms. The van der Waals surface area contributed by atoms with Crippen LogP contribution in [0.4, 0.5) is 0 Å². The highest BCUT2D eigenvalue weighted by Gasteiger charge is 2.34. The van der Waals surface area contributed by atoms with Gasteiger partial charge in [-0.1, -0.05) is 17.3 Å². The maximum Gasteiger partial charge on any atom is 0.257 e. The number of hydrogen-bond donors (Lipinski definition) is 0. The predicted octanol–water partition coefficient (Wildman–Crippen LogP) is 2.68. The van der Waals surface area contributed by atoms with E-state index >= 15 is 0 Å². The lowest BCUT2D eigenvalue weighted by Gasteiger charge is -2.35. The lowest BCUT2D eigenvalue weighted by Crippen LogP contribution is -2.42. The predicted molar refractivity (Wildman–Crippen MR) is 92.3 cm³/mol. The van der Waals surface area contributed by atoms with Crippen LogP contribution in [-0.4, -0.2) is 47.4 Å². The van der Waals surface area contributed by atoms with Crippen molar-refractivity contribution in [1.29, 1.82) is 0 Å². The molecule has 1 aromatic carbocycles. The van der Waals surface area contributed by atoms with Gasteiger partial charge in [0.25, 0.3) is 5.89 Å². The van der Waals surface area contributed by atoms with Crippen molar-refractivity contribution in [2.24, 2.45) is 0 Å². The molecule has 1 aromatic heterocycles. The molecular weight excluding hydrogens is 334 g/mol. The average Bonchev–Trinajstić information content (AvgIpc) is 3.38. The molecule has 5 rings (SSSR count). The number of morpholine rings is 1. The van der Waals surface area contributed by atoms with Crippen molar-refractivity contribution >= 4 is 0 Å². The number of fused-ring (bicyclic) bond motifs is 1. The third kappa shape index (κ3) is 3.17. The minimum absolute atomic E-state index is 0.0988. The van der Waals surface area contributed by atoms with Crippen LogP contribution in [0.5, 0.6) is 11.5 Å². The van der Waals surface area contributed by atoms with Crippen LogP contribution in [0.25, 0.3) is 0 Å². The zero-order chi connectivity index (χ0) is 17.5. The molecule has 2 atom stereocenters. The summed E-state index contributed by atoms with van der Waals surface area (Å²) in [4.78, 5) is 6.92. The van der Waals surface area contributed by atoms with E-state index in [0.29, 0.717) is 25.0 Å². The summed E-state index contributed by atoms with van der Waals surface area (Å²) in [5, 5.41) is 4.12. The van der Waals surface area contributed by atoms with E-state index in [9.17, 15) is 0 Å². The second-order valence-electron chi connectivity index (χ2n) is 7.34. The molecule has 2 aliphatic heterocycles. The van der Waals surface area contributed by atoms with E-state index in [1.165, 1.54) is 0 Å². The van der Waals surface area contributed by atoms with Gasteiger partial charge in [-0.3, -0.25) is 4.90 Å². The number of benzene rings is 1. The van der Waals surface area contributed by atoms with E-state index in [1.807, 2.05) is 12.1 Å². The molecular formula is C19H23N3O4. The molecule has 0 unspecified atom stereocenters. The molecule has 7 nitrogen and oxygen atoms in total. The summed E-state index contributed by atoms with van der Waals surface area (Å²) >= 11 is 0. The van der Waals surface area contributed by atoms with Crippen molar-refractivity contribution in [2.75, 3.05) is 26.3 Å². The van der Waals surface area contributed by atoms with Crippen molar-refractivity contribution in [3.05, 3.63) is 35.5 Å². The minimum Gasteiger partial charge on any atom is -0.486 e. The molecule has 0 radical (unpaired) electrons. The Balaban J connectivity index is 1.32. The molecule has 0 amide bonds. The average molecular weight is 357 g/mol. The van der Waals surface area contributed by atoms with Gasteiger partial charge in [-0.05, 0) is 25.8 Å². The van der Waals surface area contributed by atoms with Crippen molar-refractivity contribution in [2.45, 2.75) is 44.4 Å². The van der Waals surface area contributed by atoms with Gasteiger partial charge in [0.1, 0.15) is 19.3 Å². The lowest BCUT2D eigenvalue weighted by atomic mass is 10.1. The molecule has 1 saturated heterocycles. The fourth-order valence-corrected chi connectivity index (χ4v) is 3.69. The molecule has 1 aliphatic carbocycles. The van der Waals surface area contributed by atoms with Crippen LogP contribution in [0.15, 0.2) is 22.7 Å². The SMILES string of the molecule is C[C@@H]1CN(Cc2cccc3c2OCCO3)C[C@H](c2nc(C3CC3)no2)O1. The first kappa shape index (κ1) is 16.1. The van der Waals surface area contributed by atoms with Crippen LogP contribution < -0.4 is 9.47 Å². The van der Waals surface area contributed by atoms with E-state index in [1.54, 1.807) is 0 Å². The number of para-hydroxylation sites is 1. The Morgan fingerprint density at radius 2 is 2.04 bits per heavy atom. The highest BCUT2D eigenvalue weighted by atomic mass is 16.6. The molecule has 0 N–H and O–H groups in total. The number of ether oxygens (including phenoxy) is 3. The van der Waals surface area contributed by atoms with Crippen LogP contribution in [0, 0.1) is 0 Å². The maximum absolute atomic E-state index is 6.07. The summed E-state index contributed by atoms with van der Waals surface area (Å²) < 4.78 is 23.1. The first-order chi connectivity index (χ1) is 12.8. The highest BCUT2D eigenvalue weighted by molar-refractivity contribution is 5.47. The Kier molecular flexibility index (Phi) is 4.05. The Morgan fingerprint density at radius 3 is 2.92 bits per heavy atom. The van der Waals surface area contributed by atoms with Gasteiger partial charge in [0.05, 0.1) is 6.10 Å². The van der Waals surface area contributed by atoms with Crippen molar-refractivity contribution in [1.82, 2.24) is 15.0 Å². The van der Waals surface area contributed by atoms with Gasteiger partial charge in [-0.15, -0.1) is 0 Å². The van der Waals surface area contributed by atoms with Gasteiger partial charge in [0.2, 0.25) is 0 Å². The topological polar surface area (TPSA) is 69.9 Å². The summed E-state index contributed by atoms with van der Waals surface area (Å²) in [6.07, 6.45) is 2.24. The summed E-state index contributed by atoms with van der Waals surface area (Å²) in [6, 6.07) is 6.07. The molecule has 3 aliphatic rings. The monoisotopic (exact) mass is 357 g/mol. The fourth-order valence-electron chi connectivity index (χ4n) is 3.69. The smallest absolute Gasteiger partial charge is 0.257 e. The Hall–Kier alpha value is -2.12. The summed E-state index contributed by atoms with van der Waals surface area (Å²) in [5.41, 5.74) is 1.14. The Labute approximate surface area is 152 Å². The second kappa shape index (κ2) is 6.55. The normalized spacial score (nSPS) is 26.0. The molecule has 2 aromatic rings. The zero-order valence-electron chi connectivity index (χ0n) is 14.9. The number of aromatic nitrogens is 2. The second-order valence-corrected chi connectivity index (χ2v) is 7.34. The van der Waals surface area contributed by atoms with E-state index in [-0.39, 0.29) is 12.2 Å². The van der Waals surface area contributed by atoms with Gasteiger partial charge in [0, 0.05) is 31.1 Å². The van der Waals surface area contributed by atoms with Crippen LogP contribution in [0.2, 0.25) is 0 Å². The molecule has 0 spiro atoms. The minimum atomic E-state index is -0.185. The van der Waals surface area contributed by atoms with E-state index < -0.39 is 0 Å².